The van der Waals surface area contributed by atoms with Gasteiger partial charge in [0.2, 0.25) is 0 Å². The van der Waals surface area contributed by atoms with Gasteiger partial charge in [0.05, 0.1) is 10.9 Å². The number of carbonyl (C=O) groups excluding carboxylic acids is 1. The second-order valence-electron chi connectivity index (χ2n) is 8.60. The third-order valence-electron chi connectivity index (χ3n) is 5.71. The van der Waals surface area contributed by atoms with E-state index in [1.54, 1.807) is 35.2 Å². The molecule has 1 amide bonds. The Hall–Kier alpha value is -3.36. The molecule has 1 aromatic heterocycles. The highest BCUT2D eigenvalue weighted by atomic mass is 19.4. The Morgan fingerprint density at radius 3 is 2.30 bits per heavy atom. The average molecular weight is 458 g/mol. The number of piperazine rings is 1. The van der Waals surface area contributed by atoms with Crippen LogP contribution in [0.1, 0.15) is 29.9 Å². The van der Waals surface area contributed by atoms with Crippen molar-refractivity contribution in [3.05, 3.63) is 70.1 Å². The molecule has 1 aliphatic heterocycles. The van der Waals surface area contributed by atoms with Crippen LogP contribution in [0.15, 0.2) is 53.3 Å². The van der Waals surface area contributed by atoms with E-state index in [0.717, 1.165) is 12.1 Å². The van der Waals surface area contributed by atoms with Gasteiger partial charge >= 0.3 is 6.18 Å². The van der Waals surface area contributed by atoms with E-state index in [1.165, 1.54) is 10.7 Å². The number of nitrogens with zero attached hydrogens (tertiary/aromatic N) is 4. The fourth-order valence-corrected chi connectivity index (χ4v) is 4.06. The van der Waals surface area contributed by atoms with Gasteiger partial charge in [0, 0.05) is 43.8 Å². The maximum absolute atomic E-state index is 13.4. The number of amides is 1. The van der Waals surface area contributed by atoms with Gasteiger partial charge in [-0.3, -0.25) is 9.59 Å². The molecular formula is C24H25F3N4O2. The van der Waals surface area contributed by atoms with Crippen molar-refractivity contribution >= 4 is 22.4 Å². The number of fused-ring (bicyclic) bond motifs is 1. The monoisotopic (exact) mass is 458 g/mol. The molecule has 1 aliphatic rings. The first-order chi connectivity index (χ1) is 15.6. The average Bonchev–Trinajstić information content (AvgIpc) is 2.80. The van der Waals surface area contributed by atoms with Gasteiger partial charge < -0.3 is 9.80 Å². The summed E-state index contributed by atoms with van der Waals surface area (Å²) in [7, 11) is 0. The number of hydrogen-bond acceptors (Lipinski definition) is 4. The second-order valence-corrected chi connectivity index (χ2v) is 8.60. The summed E-state index contributed by atoms with van der Waals surface area (Å²) in [5.74, 6) is -0.109. The molecule has 1 fully saturated rings. The predicted octanol–water partition coefficient (Wildman–Crippen LogP) is 4.03. The summed E-state index contributed by atoms with van der Waals surface area (Å²) in [4.78, 5) is 29.7. The molecule has 0 N–H and O–H groups in total. The maximum Gasteiger partial charge on any atom is 0.416 e. The lowest BCUT2D eigenvalue weighted by atomic mass is 10.1. The standard InChI is InChI=1S/C24H25F3N4O2/c1-16(2)15-31-22(32)20-9-4-3-8-19(20)21(28-31)23(33)30-12-10-29(11-13-30)18-7-5-6-17(14-18)24(25,26)27/h3-9,14,16H,10-13,15H2,1-2H3. The van der Waals surface area contributed by atoms with E-state index in [0.29, 0.717) is 49.2 Å². The first-order valence-corrected chi connectivity index (χ1v) is 10.9. The Bertz CT molecular complexity index is 1230. The van der Waals surface area contributed by atoms with Crippen LogP contribution in [-0.2, 0) is 12.7 Å². The topological polar surface area (TPSA) is 58.4 Å². The molecule has 0 atom stereocenters. The van der Waals surface area contributed by atoms with Gasteiger partial charge in [0.15, 0.2) is 5.69 Å². The van der Waals surface area contributed by atoms with E-state index in [4.69, 9.17) is 0 Å². The lowest BCUT2D eigenvalue weighted by Gasteiger charge is -2.36. The quantitative estimate of drug-likeness (QED) is 0.592. The summed E-state index contributed by atoms with van der Waals surface area (Å²) < 4.78 is 40.5. The SMILES string of the molecule is CC(C)Cn1nc(C(=O)N2CCN(c3cccc(C(F)(F)F)c3)CC2)c2ccccc2c1=O. The number of rotatable bonds is 4. The van der Waals surface area contributed by atoms with Crippen LogP contribution in [0, 0.1) is 5.92 Å². The van der Waals surface area contributed by atoms with E-state index in [1.807, 2.05) is 18.7 Å². The molecule has 0 aliphatic carbocycles. The summed E-state index contributed by atoms with van der Waals surface area (Å²) in [5, 5.41) is 5.36. The summed E-state index contributed by atoms with van der Waals surface area (Å²) >= 11 is 0. The molecular weight excluding hydrogens is 433 g/mol. The lowest BCUT2D eigenvalue weighted by molar-refractivity contribution is -0.137. The van der Waals surface area contributed by atoms with Gasteiger partial charge in [-0.05, 0) is 30.2 Å². The molecule has 0 unspecified atom stereocenters. The molecule has 2 aromatic carbocycles. The van der Waals surface area contributed by atoms with Gasteiger partial charge in [-0.15, -0.1) is 0 Å². The summed E-state index contributed by atoms with van der Waals surface area (Å²) in [6.45, 7) is 5.82. The first-order valence-electron chi connectivity index (χ1n) is 10.9. The van der Waals surface area contributed by atoms with Crippen LogP contribution in [0.5, 0.6) is 0 Å². The molecule has 33 heavy (non-hydrogen) atoms. The third-order valence-corrected chi connectivity index (χ3v) is 5.71. The number of hydrogen-bond donors (Lipinski definition) is 0. The van der Waals surface area contributed by atoms with Crippen LogP contribution in [0.3, 0.4) is 0 Å². The maximum atomic E-state index is 13.4. The van der Waals surface area contributed by atoms with E-state index >= 15 is 0 Å². The zero-order valence-corrected chi connectivity index (χ0v) is 18.5. The van der Waals surface area contributed by atoms with E-state index in [-0.39, 0.29) is 23.1 Å². The fourth-order valence-electron chi connectivity index (χ4n) is 4.06. The fraction of sp³-hybridized carbons (Fsp3) is 0.375. The van der Waals surface area contributed by atoms with Crippen LogP contribution >= 0.6 is 0 Å². The number of halogens is 3. The van der Waals surface area contributed by atoms with Gasteiger partial charge in [0.1, 0.15) is 0 Å². The lowest BCUT2D eigenvalue weighted by Crippen LogP contribution is -2.49. The molecule has 174 valence electrons. The van der Waals surface area contributed by atoms with Crippen molar-refractivity contribution in [2.24, 2.45) is 5.92 Å². The van der Waals surface area contributed by atoms with Crippen molar-refractivity contribution in [1.29, 1.82) is 0 Å². The second kappa shape index (κ2) is 8.88. The normalized spacial score (nSPS) is 14.8. The van der Waals surface area contributed by atoms with Crippen molar-refractivity contribution < 1.29 is 18.0 Å². The molecule has 0 radical (unpaired) electrons. The van der Waals surface area contributed by atoms with Crippen LogP contribution in [0.2, 0.25) is 0 Å². The highest BCUT2D eigenvalue weighted by molar-refractivity contribution is 6.04. The number of carbonyl (C=O) groups is 1. The van der Waals surface area contributed by atoms with Gasteiger partial charge in [-0.2, -0.15) is 18.3 Å². The van der Waals surface area contributed by atoms with Crippen molar-refractivity contribution in [2.45, 2.75) is 26.6 Å². The van der Waals surface area contributed by atoms with E-state index < -0.39 is 11.7 Å². The van der Waals surface area contributed by atoms with Crippen LogP contribution < -0.4 is 10.5 Å². The van der Waals surface area contributed by atoms with Crippen molar-refractivity contribution in [2.75, 3.05) is 31.1 Å². The first kappa shape index (κ1) is 22.8. The van der Waals surface area contributed by atoms with Gasteiger partial charge in [-0.1, -0.05) is 38.1 Å². The molecule has 6 nitrogen and oxygen atoms in total. The van der Waals surface area contributed by atoms with Crippen molar-refractivity contribution in [3.8, 4) is 0 Å². The number of aromatic nitrogens is 2. The predicted molar refractivity (Wildman–Crippen MR) is 120 cm³/mol. The number of alkyl halides is 3. The zero-order valence-electron chi connectivity index (χ0n) is 18.5. The molecule has 0 bridgehead atoms. The zero-order chi connectivity index (χ0) is 23.8. The van der Waals surface area contributed by atoms with Gasteiger partial charge in [0.25, 0.3) is 11.5 Å². The minimum Gasteiger partial charge on any atom is -0.368 e. The summed E-state index contributed by atoms with van der Waals surface area (Å²) in [6, 6.07) is 12.1. The Labute approximate surface area is 189 Å². The summed E-state index contributed by atoms with van der Waals surface area (Å²) in [6.07, 6.45) is -4.40. The van der Waals surface area contributed by atoms with Crippen LogP contribution in [0.25, 0.3) is 10.8 Å². The third kappa shape index (κ3) is 4.72. The Balaban J connectivity index is 1.57. The molecule has 1 saturated heterocycles. The molecule has 9 heteroatoms. The molecule has 0 spiro atoms. The largest absolute Gasteiger partial charge is 0.416 e. The Morgan fingerprint density at radius 1 is 1.00 bits per heavy atom. The summed E-state index contributed by atoms with van der Waals surface area (Å²) in [5.41, 5.74) is -0.226. The Kier molecular flexibility index (Phi) is 6.14. The van der Waals surface area contributed by atoms with E-state index in [9.17, 15) is 22.8 Å². The minimum atomic E-state index is -4.40. The number of anilines is 1. The van der Waals surface area contributed by atoms with Crippen LogP contribution in [0.4, 0.5) is 18.9 Å². The molecule has 2 heterocycles. The molecule has 0 saturated carbocycles. The highest BCUT2D eigenvalue weighted by Crippen LogP contribution is 2.32. The van der Waals surface area contributed by atoms with Gasteiger partial charge in [-0.25, -0.2) is 4.68 Å². The van der Waals surface area contributed by atoms with Crippen molar-refractivity contribution in [3.63, 3.8) is 0 Å². The van der Waals surface area contributed by atoms with Crippen molar-refractivity contribution in [1.82, 2.24) is 14.7 Å². The van der Waals surface area contributed by atoms with E-state index in [2.05, 4.69) is 5.10 Å². The van der Waals surface area contributed by atoms with Crippen LogP contribution in [-0.4, -0.2) is 46.8 Å². The highest BCUT2D eigenvalue weighted by Gasteiger charge is 2.31. The Morgan fingerprint density at radius 2 is 1.67 bits per heavy atom. The number of benzene rings is 2. The minimum absolute atomic E-state index is 0.176. The smallest absolute Gasteiger partial charge is 0.368 e. The molecule has 4 rings (SSSR count). The molecule has 3 aromatic rings.